The van der Waals surface area contributed by atoms with Crippen LogP contribution in [0.4, 0.5) is 35.1 Å². The van der Waals surface area contributed by atoms with Gasteiger partial charge in [0.1, 0.15) is 0 Å². The Morgan fingerprint density at radius 1 is 0.142 bits per heavy atom. The van der Waals surface area contributed by atoms with Crippen LogP contribution in [0.1, 0.15) is 45.2 Å². The molecule has 586 valence electrons. The molecule has 0 N–H and O–H groups in total. The van der Waals surface area contributed by atoms with Gasteiger partial charge in [0.15, 0.2) is 69.5 Å². The molecule has 17 aromatic rings. The molecule has 4 nitrogen and oxygen atoms in total. The smallest absolute Gasteiger partial charge is 0.347 e. The fraction of sp³-hybridized carbons (Fsp3) is 0.0192. The van der Waals surface area contributed by atoms with Gasteiger partial charge in [-0.25, -0.2) is 35.1 Å². The second-order valence-corrected chi connectivity index (χ2v) is 42.5. The molecule has 17 rings (SSSR count). The van der Waals surface area contributed by atoms with Gasteiger partial charge in [-0.2, -0.15) is 0 Å². The van der Waals surface area contributed by atoms with Crippen LogP contribution >= 0.6 is 0 Å². The number of halogens is 8. The quantitative estimate of drug-likeness (QED) is 0.0308. The van der Waals surface area contributed by atoms with Crippen LogP contribution in [0.2, 0.25) is 0 Å². The van der Waals surface area contributed by atoms with E-state index in [1.807, 2.05) is 364 Å². The number of hydrogen-bond acceptors (Lipinski definition) is 4. The fourth-order valence-corrected chi connectivity index (χ4v) is 32.2. The van der Waals surface area contributed by atoms with Gasteiger partial charge in [0.05, 0.1) is 0 Å². The summed E-state index contributed by atoms with van der Waals surface area (Å²) >= 11 is 0. The second-order valence-electron chi connectivity index (χ2n) is 29.3. The molecule has 0 aliphatic rings. The molecule has 0 atom stereocenters. The van der Waals surface area contributed by atoms with Crippen LogP contribution in [0.15, 0.2) is 437 Å². The number of hydrogen-bond donors (Lipinski definition) is 0. The molecule has 0 amide bonds. The molecular weight excluding hydrogens is 1580 g/mol. The van der Waals surface area contributed by atoms with Crippen molar-refractivity contribution in [2.45, 2.75) is 11.8 Å². The average Bonchev–Trinajstić information content (AvgIpc) is 0.751. The molecule has 0 fully saturated rings. The van der Waals surface area contributed by atoms with E-state index < -0.39 is 115 Å². The van der Waals surface area contributed by atoms with Gasteiger partial charge in [0.2, 0.25) is 0 Å². The molecule has 0 radical (unpaired) electrons. The molecule has 120 heavy (non-hydrogen) atoms. The molecule has 0 aromatic heterocycles. The van der Waals surface area contributed by atoms with Gasteiger partial charge >= 0.3 is 33.3 Å². The standard InChI is InChI=1S/C104H74F8O4Si4/c105-91-65-75(66-92(106)101(91)113-117(79-37-13-1-14-38-79,80-39-15-2-16-40-80)81-41-17-3-18-42-81)99(76-67-93(107)102(94(108)68-76)114-118(82-43-19-4-20-44-82,83-45-21-5-22-46-83)84-47-23-6-24-48-84)73-61-63-74(64-62-73)100(77-69-95(109)103(96(110)70-77)115-119(85-49-25-7-26-50-85,86-51-27-8-28-52-86)87-53-29-9-30-54-87)78-71-97(111)104(98(112)72-78)116-120(88-55-31-10-32-56-88,89-57-33-11-34-58-89)90-59-35-12-36-60-90/h1-72,99-100H. The van der Waals surface area contributed by atoms with Crippen LogP contribution in [-0.2, 0) is 0 Å². The lowest BCUT2D eigenvalue weighted by atomic mass is 9.81. The zero-order valence-electron chi connectivity index (χ0n) is 64.4. The first-order chi connectivity index (χ1) is 58.8. The lowest BCUT2D eigenvalue weighted by Gasteiger charge is -2.34. The van der Waals surface area contributed by atoms with Crippen LogP contribution in [-0.4, -0.2) is 33.3 Å². The Labute approximate surface area is 695 Å². The molecule has 0 spiro atoms. The topological polar surface area (TPSA) is 36.9 Å². The molecular formula is C104H74F8O4Si4. The predicted molar refractivity (Wildman–Crippen MR) is 472 cm³/mol. The van der Waals surface area contributed by atoms with Crippen molar-refractivity contribution in [2.24, 2.45) is 0 Å². The molecule has 0 aliphatic heterocycles. The van der Waals surface area contributed by atoms with E-state index in [9.17, 15) is 0 Å². The van der Waals surface area contributed by atoms with Crippen LogP contribution < -0.4 is 79.9 Å². The Morgan fingerprint density at radius 3 is 0.358 bits per heavy atom. The van der Waals surface area contributed by atoms with Crippen LogP contribution in [0.25, 0.3) is 0 Å². The summed E-state index contributed by atoms with van der Waals surface area (Å²) in [6, 6.07) is 126. The minimum Gasteiger partial charge on any atom is -0.526 e. The van der Waals surface area contributed by atoms with Crippen LogP contribution in [0.5, 0.6) is 23.0 Å². The summed E-state index contributed by atoms with van der Waals surface area (Å²) in [7, 11) is -15.6. The highest BCUT2D eigenvalue weighted by molar-refractivity contribution is 7.09. The van der Waals surface area contributed by atoms with E-state index in [0.717, 1.165) is 48.5 Å². The van der Waals surface area contributed by atoms with Gasteiger partial charge in [0.25, 0.3) is 0 Å². The van der Waals surface area contributed by atoms with Crippen molar-refractivity contribution in [3.8, 4) is 23.0 Å². The second kappa shape index (κ2) is 34.4. The van der Waals surface area contributed by atoms with E-state index >= 15 is 35.1 Å². The lowest BCUT2D eigenvalue weighted by molar-refractivity contribution is 0.456. The predicted octanol–water partition coefficient (Wildman–Crippen LogP) is 17.3. The largest absolute Gasteiger partial charge is 0.526 e. The average molecular weight is 1650 g/mol. The third-order valence-electron chi connectivity index (χ3n) is 22.2. The molecule has 17 aromatic carbocycles. The number of benzene rings is 17. The summed E-state index contributed by atoms with van der Waals surface area (Å²) in [6.07, 6.45) is 0. The van der Waals surface area contributed by atoms with Crippen molar-refractivity contribution in [1.82, 2.24) is 0 Å². The molecule has 0 heterocycles. The number of rotatable bonds is 26. The Morgan fingerprint density at radius 2 is 0.250 bits per heavy atom. The van der Waals surface area contributed by atoms with E-state index in [1.54, 1.807) is 0 Å². The van der Waals surface area contributed by atoms with Crippen molar-refractivity contribution in [1.29, 1.82) is 0 Å². The van der Waals surface area contributed by atoms with E-state index in [2.05, 4.69) is 0 Å². The van der Waals surface area contributed by atoms with Crippen molar-refractivity contribution in [3.63, 3.8) is 0 Å². The van der Waals surface area contributed by atoms with E-state index in [4.69, 9.17) is 17.7 Å². The SMILES string of the molecule is Fc1cc(C(c2ccc(C(c3cc(F)c(O[Si](c4ccccc4)(c4ccccc4)c4ccccc4)c(F)c3)c3cc(F)c(O[Si](c4ccccc4)(c4ccccc4)c4ccccc4)c(F)c3)cc2)c2cc(F)c(O[Si](c3ccccc3)(c3ccccc3)c3ccccc3)c(F)c2)cc(F)c1O[Si](c1ccccc1)(c1ccccc1)c1ccccc1. The summed E-state index contributed by atoms with van der Waals surface area (Å²) < 4.78 is 174. The third kappa shape index (κ3) is 15.0. The highest BCUT2D eigenvalue weighted by Gasteiger charge is 2.50. The zero-order chi connectivity index (χ0) is 82.2. The van der Waals surface area contributed by atoms with Gasteiger partial charge in [-0.3, -0.25) is 0 Å². The molecule has 0 saturated carbocycles. The molecule has 0 saturated heterocycles. The summed E-state index contributed by atoms with van der Waals surface area (Å²) in [4.78, 5) is 0. The summed E-state index contributed by atoms with van der Waals surface area (Å²) in [5.41, 5.74) is -0.105. The van der Waals surface area contributed by atoms with Crippen molar-refractivity contribution in [2.75, 3.05) is 0 Å². The summed E-state index contributed by atoms with van der Waals surface area (Å²) in [5.74, 6) is -14.9. The van der Waals surface area contributed by atoms with Crippen LogP contribution in [0, 0.1) is 46.5 Å². The molecule has 0 aliphatic carbocycles. The third-order valence-corrected chi connectivity index (χ3v) is 38.0. The first kappa shape index (κ1) is 78.8. The van der Waals surface area contributed by atoms with Crippen molar-refractivity contribution < 1.29 is 52.8 Å². The Balaban J connectivity index is 0.847. The van der Waals surface area contributed by atoms with E-state index in [-0.39, 0.29) is 33.4 Å². The van der Waals surface area contributed by atoms with Crippen LogP contribution in [0.3, 0.4) is 0 Å². The maximum atomic E-state index is 18.3. The highest BCUT2D eigenvalue weighted by Crippen LogP contribution is 2.43. The van der Waals surface area contributed by atoms with Crippen molar-refractivity contribution in [3.05, 3.63) is 517 Å². The first-order valence-corrected chi connectivity index (χ1v) is 46.9. The summed E-state index contributed by atoms with van der Waals surface area (Å²) in [5, 5.41) is 8.10. The highest BCUT2D eigenvalue weighted by atomic mass is 28.4. The fourth-order valence-electron chi connectivity index (χ4n) is 16.8. The normalized spacial score (nSPS) is 11.8. The Bertz CT molecular complexity index is 5140. The Hall–Kier alpha value is -13.8. The first-order valence-electron chi connectivity index (χ1n) is 39.2. The lowest BCUT2D eigenvalue weighted by Crippen LogP contribution is -2.71. The maximum absolute atomic E-state index is 18.3. The van der Waals surface area contributed by atoms with Crippen molar-refractivity contribution >= 4 is 95.5 Å². The summed E-state index contributed by atoms with van der Waals surface area (Å²) in [6.45, 7) is 0. The van der Waals surface area contributed by atoms with E-state index in [1.165, 1.54) is 24.3 Å². The van der Waals surface area contributed by atoms with Gasteiger partial charge in [-0.1, -0.05) is 388 Å². The van der Waals surface area contributed by atoms with Gasteiger partial charge in [0, 0.05) is 11.8 Å². The van der Waals surface area contributed by atoms with E-state index in [0.29, 0.717) is 62.2 Å². The van der Waals surface area contributed by atoms with Gasteiger partial charge in [-0.05, 0) is 144 Å². The van der Waals surface area contributed by atoms with Gasteiger partial charge in [-0.15, -0.1) is 0 Å². The maximum Gasteiger partial charge on any atom is 0.347 e. The molecule has 16 heteroatoms. The monoisotopic (exact) mass is 1650 g/mol. The van der Waals surface area contributed by atoms with Gasteiger partial charge < -0.3 is 17.7 Å². The molecule has 0 bridgehead atoms. The minimum absolute atomic E-state index is 0.121. The minimum atomic E-state index is -3.91. The molecule has 0 unspecified atom stereocenters. The zero-order valence-corrected chi connectivity index (χ0v) is 68.4. The Kier molecular flexibility index (Phi) is 22.6.